The Morgan fingerprint density at radius 3 is 2.53 bits per heavy atom. The molecule has 3 aliphatic heterocycles. The SMILES string of the molecule is CC(C)(C)OC(=O)N[C@H]1CCCCC/C=C\[C@H]2C[C@@]2(C(=O)NS(=O)(=O)C2(C)CC2)NC(=O)[C@@H]2C[C@]3(CCc4c(c(C5CC5)nc5ccccc45)O3)CN2C1=O. The zero-order valence-corrected chi connectivity index (χ0v) is 33.1. The lowest BCUT2D eigenvalue weighted by Crippen LogP contribution is -2.58. The van der Waals surface area contributed by atoms with Gasteiger partial charge in [0.1, 0.15) is 34.6 Å². The highest BCUT2D eigenvalue weighted by atomic mass is 32.2. The molecule has 13 nitrogen and oxygen atoms in total. The smallest absolute Gasteiger partial charge is 0.408 e. The molecule has 4 fully saturated rings. The minimum atomic E-state index is -3.98. The zero-order valence-electron chi connectivity index (χ0n) is 32.2. The zero-order chi connectivity index (χ0) is 39.0. The Morgan fingerprint density at radius 1 is 1.04 bits per heavy atom. The van der Waals surface area contributed by atoms with Gasteiger partial charge in [-0.1, -0.05) is 43.2 Å². The first-order valence-electron chi connectivity index (χ1n) is 20.0. The van der Waals surface area contributed by atoms with E-state index in [1.165, 1.54) is 4.90 Å². The minimum absolute atomic E-state index is 0.0854. The van der Waals surface area contributed by atoms with E-state index >= 15 is 0 Å². The van der Waals surface area contributed by atoms with Crippen molar-refractivity contribution in [3.63, 3.8) is 0 Å². The van der Waals surface area contributed by atoms with Crippen molar-refractivity contribution >= 4 is 44.7 Å². The van der Waals surface area contributed by atoms with Crippen LogP contribution in [0.25, 0.3) is 10.9 Å². The van der Waals surface area contributed by atoms with E-state index in [-0.39, 0.29) is 25.3 Å². The summed E-state index contributed by atoms with van der Waals surface area (Å²) in [4.78, 5) is 63.2. The van der Waals surface area contributed by atoms with Crippen molar-refractivity contribution in [2.24, 2.45) is 5.92 Å². The number of hydrogen-bond acceptors (Lipinski definition) is 9. The normalized spacial score (nSPS) is 31.1. The number of aryl methyl sites for hydroxylation is 1. The highest BCUT2D eigenvalue weighted by molar-refractivity contribution is 7.91. The Kier molecular flexibility index (Phi) is 9.24. The van der Waals surface area contributed by atoms with Crippen LogP contribution >= 0.6 is 0 Å². The van der Waals surface area contributed by atoms with Crippen LogP contribution in [0, 0.1) is 5.92 Å². The molecule has 55 heavy (non-hydrogen) atoms. The number of nitrogens with zero attached hydrogens (tertiary/aromatic N) is 2. The summed E-state index contributed by atoms with van der Waals surface area (Å²) in [5.41, 5.74) is -0.320. The van der Waals surface area contributed by atoms with E-state index < -0.39 is 73.3 Å². The number of para-hydroxylation sites is 1. The molecule has 4 heterocycles. The molecule has 2 aromatic rings. The summed E-state index contributed by atoms with van der Waals surface area (Å²) in [6.45, 7) is 6.95. The van der Waals surface area contributed by atoms with E-state index in [9.17, 15) is 27.6 Å². The van der Waals surface area contributed by atoms with Crippen LogP contribution in [0.2, 0.25) is 0 Å². The van der Waals surface area contributed by atoms with E-state index in [0.29, 0.717) is 44.9 Å². The third-order valence-electron chi connectivity index (χ3n) is 12.4. The molecular formula is C41H53N5O8S. The molecule has 0 bridgehead atoms. The van der Waals surface area contributed by atoms with Gasteiger partial charge in [0.15, 0.2) is 0 Å². The highest BCUT2D eigenvalue weighted by Crippen LogP contribution is 2.52. The van der Waals surface area contributed by atoms with Gasteiger partial charge in [0.2, 0.25) is 21.8 Å². The van der Waals surface area contributed by atoms with Gasteiger partial charge in [-0.2, -0.15) is 0 Å². The first kappa shape index (κ1) is 37.7. The van der Waals surface area contributed by atoms with Gasteiger partial charge in [-0.3, -0.25) is 19.1 Å². The minimum Gasteiger partial charge on any atom is -0.483 e. The first-order valence-corrected chi connectivity index (χ1v) is 21.5. The summed E-state index contributed by atoms with van der Waals surface area (Å²) >= 11 is 0. The molecule has 1 aromatic carbocycles. The summed E-state index contributed by atoms with van der Waals surface area (Å²) in [6.07, 6.45) is 10.9. The maximum Gasteiger partial charge on any atom is 0.408 e. The van der Waals surface area contributed by atoms with Crippen LogP contribution in [0.4, 0.5) is 4.79 Å². The summed E-state index contributed by atoms with van der Waals surface area (Å²) in [5, 5.41) is 6.81. The molecule has 14 heteroatoms. The third-order valence-corrected chi connectivity index (χ3v) is 14.6. The molecule has 4 amide bonds. The van der Waals surface area contributed by atoms with Crippen molar-refractivity contribution < 1.29 is 37.1 Å². The quantitative estimate of drug-likeness (QED) is 0.351. The number of allylic oxidation sites excluding steroid dienone is 1. The first-order chi connectivity index (χ1) is 26.0. The topological polar surface area (TPSA) is 173 Å². The molecule has 6 aliphatic rings. The van der Waals surface area contributed by atoms with E-state index in [4.69, 9.17) is 14.5 Å². The number of nitrogens with one attached hydrogen (secondary N) is 3. The summed E-state index contributed by atoms with van der Waals surface area (Å²) in [5.74, 6) is -1.17. The van der Waals surface area contributed by atoms with Crippen molar-refractivity contribution in [3.05, 3.63) is 47.7 Å². The third kappa shape index (κ3) is 7.31. The number of fused-ring (bicyclic) bond motifs is 5. The van der Waals surface area contributed by atoms with Gasteiger partial charge >= 0.3 is 6.09 Å². The van der Waals surface area contributed by atoms with Crippen LogP contribution in [0.3, 0.4) is 0 Å². The molecule has 3 N–H and O–H groups in total. The van der Waals surface area contributed by atoms with E-state index in [0.717, 1.165) is 53.6 Å². The molecular weight excluding hydrogens is 723 g/mol. The van der Waals surface area contributed by atoms with Crippen molar-refractivity contribution in [1.29, 1.82) is 0 Å². The van der Waals surface area contributed by atoms with Crippen molar-refractivity contribution in [1.82, 2.24) is 25.2 Å². The predicted octanol–water partition coefficient (Wildman–Crippen LogP) is 5.06. The number of hydrogen-bond donors (Lipinski definition) is 3. The summed E-state index contributed by atoms with van der Waals surface area (Å²) in [7, 11) is -3.98. The van der Waals surface area contributed by atoms with Crippen LogP contribution in [0.5, 0.6) is 5.75 Å². The lowest BCUT2D eigenvalue weighted by molar-refractivity contribution is -0.141. The van der Waals surface area contributed by atoms with Gasteiger partial charge in [0, 0.05) is 29.2 Å². The Hall–Kier alpha value is -4.20. The van der Waals surface area contributed by atoms with Crippen molar-refractivity contribution in [2.45, 2.75) is 151 Å². The molecule has 0 radical (unpaired) electrons. The largest absolute Gasteiger partial charge is 0.483 e. The Morgan fingerprint density at radius 2 is 1.80 bits per heavy atom. The second-order valence-corrected chi connectivity index (χ2v) is 20.2. The van der Waals surface area contributed by atoms with Crippen molar-refractivity contribution in [3.8, 4) is 5.75 Å². The standard InChI is InChI=1S/C41H53N5O8S/c1-38(2,3)54-37(50)43-30-15-9-7-5-6-8-12-26-22-41(26,36(49)45-55(51,52)39(4)20-21-39)44-34(47)31-23-40(24-46(31)35(30)48)19-18-28-27-13-10-11-14-29(27)42-32(25-16-17-25)33(28)53-40/h8,10-14,25-26,30-31H,5-7,9,15-24H2,1-4H3,(H,43,50)(H,44,47)(H,45,49)/b12-8-/t26-,30-,31-,40+,41+/m0/s1. The van der Waals surface area contributed by atoms with Crippen LogP contribution in [0.15, 0.2) is 36.4 Å². The highest BCUT2D eigenvalue weighted by Gasteiger charge is 2.64. The van der Waals surface area contributed by atoms with Gasteiger partial charge < -0.3 is 25.0 Å². The molecule has 1 aromatic heterocycles. The van der Waals surface area contributed by atoms with E-state index in [2.05, 4.69) is 21.4 Å². The number of carbonyl (C=O) groups excluding carboxylic acids is 4. The fraction of sp³-hybridized carbons (Fsp3) is 0.634. The average molecular weight is 776 g/mol. The van der Waals surface area contributed by atoms with Crippen molar-refractivity contribution in [2.75, 3.05) is 6.54 Å². The molecule has 8 rings (SSSR count). The maximum absolute atomic E-state index is 14.8. The number of ether oxygens (including phenoxy) is 2. The van der Waals surface area contributed by atoms with Gasteiger partial charge in [-0.25, -0.2) is 18.2 Å². The number of aromatic nitrogens is 1. The van der Waals surface area contributed by atoms with Gasteiger partial charge in [-0.05, 0) is 98.0 Å². The number of pyridine rings is 1. The second kappa shape index (κ2) is 13.5. The molecule has 0 unspecified atom stereocenters. The fourth-order valence-corrected chi connectivity index (χ4v) is 9.90. The summed E-state index contributed by atoms with van der Waals surface area (Å²) < 4.78 is 40.4. The van der Waals surface area contributed by atoms with Gasteiger partial charge in [-0.15, -0.1) is 0 Å². The number of benzene rings is 1. The van der Waals surface area contributed by atoms with Crippen LogP contribution < -0.4 is 20.1 Å². The average Bonchev–Trinajstić information content (AvgIpc) is 4.05. The number of amides is 4. The van der Waals surface area contributed by atoms with Gasteiger partial charge in [0.25, 0.3) is 5.91 Å². The number of carbonyl (C=O) groups is 4. The molecule has 1 spiro atoms. The number of rotatable bonds is 5. The molecule has 5 atom stereocenters. The van der Waals surface area contributed by atoms with E-state index in [1.807, 2.05) is 30.4 Å². The number of alkyl carbamates (subject to hydrolysis) is 1. The number of sulfonamides is 1. The molecule has 3 aliphatic carbocycles. The molecule has 1 saturated heterocycles. The second-order valence-electron chi connectivity index (χ2n) is 18.0. The monoisotopic (exact) mass is 775 g/mol. The fourth-order valence-electron chi connectivity index (χ4n) is 8.59. The Labute approximate surface area is 322 Å². The predicted molar refractivity (Wildman–Crippen MR) is 205 cm³/mol. The maximum atomic E-state index is 14.8. The Bertz CT molecular complexity index is 2070. The van der Waals surface area contributed by atoms with Gasteiger partial charge in [0.05, 0.1) is 22.5 Å². The molecule has 3 saturated carbocycles. The lowest BCUT2D eigenvalue weighted by Gasteiger charge is -2.37. The Balaban J connectivity index is 1.14. The van der Waals surface area contributed by atoms with Crippen LogP contribution in [-0.4, -0.2) is 82.2 Å². The summed E-state index contributed by atoms with van der Waals surface area (Å²) in [6, 6.07) is 6.00. The van der Waals surface area contributed by atoms with Crippen LogP contribution in [0.1, 0.15) is 122 Å². The lowest BCUT2D eigenvalue weighted by atomic mass is 9.86. The molecule has 296 valence electrons. The van der Waals surface area contributed by atoms with Crippen LogP contribution in [-0.2, 0) is 35.6 Å². The van der Waals surface area contributed by atoms with E-state index in [1.54, 1.807) is 27.7 Å².